The van der Waals surface area contributed by atoms with Crippen LogP contribution < -0.4 is 10.6 Å². The number of nitrogens with zero attached hydrogens (tertiary/aromatic N) is 1. The maximum Gasteiger partial charge on any atom is 0.228 e. The van der Waals surface area contributed by atoms with Crippen molar-refractivity contribution < 1.29 is 14.0 Å². The lowest BCUT2D eigenvalue weighted by Crippen LogP contribution is -2.35. The zero-order valence-electron chi connectivity index (χ0n) is 13.0. The molecule has 0 fully saturated rings. The molecule has 0 aliphatic carbocycles. The Morgan fingerprint density at radius 1 is 1.39 bits per heavy atom. The Hall–Kier alpha value is -2.63. The number of carbonyl (C=O) groups is 2. The molecule has 0 saturated heterocycles. The highest BCUT2D eigenvalue weighted by Crippen LogP contribution is 2.32. The second kappa shape index (κ2) is 5.87. The van der Waals surface area contributed by atoms with Gasteiger partial charge in [-0.05, 0) is 36.8 Å². The summed E-state index contributed by atoms with van der Waals surface area (Å²) >= 11 is 0. The van der Waals surface area contributed by atoms with Crippen molar-refractivity contribution in [1.82, 2.24) is 9.88 Å². The first kappa shape index (κ1) is 15.3. The van der Waals surface area contributed by atoms with Gasteiger partial charge < -0.3 is 15.2 Å². The maximum absolute atomic E-state index is 13.3. The van der Waals surface area contributed by atoms with Crippen molar-refractivity contribution in [2.45, 2.75) is 25.8 Å². The maximum atomic E-state index is 13.3. The zero-order chi connectivity index (χ0) is 16.6. The Bertz CT molecular complexity index is 782. The lowest BCUT2D eigenvalue weighted by atomic mass is 9.89. The quantitative estimate of drug-likeness (QED) is 0.912. The minimum absolute atomic E-state index is 0.0661. The predicted molar refractivity (Wildman–Crippen MR) is 84.4 cm³/mol. The smallest absolute Gasteiger partial charge is 0.228 e. The summed E-state index contributed by atoms with van der Waals surface area (Å²) in [4.78, 5) is 24.3. The zero-order valence-corrected chi connectivity index (χ0v) is 13.0. The first-order valence-corrected chi connectivity index (χ1v) is 7.44. The average Bonchev–Trinajstić information content (AvgIpc) is 2.83. The fourth-order valence-corrected chi connectivity index (χ4v) is 2.82. The number of hydrogen-bond acceptors (Lipinski definition) is 2. The second-order valence-corrected chi connectivity index (χ2v) is 5.78. The molecule has 0 radical (unpaired) electrons. The fourth-order valence-electron chi connectivity index (χ4n) is 2.82. The molecule has 0 bridgehead atoms. The summed E-state index contributed by atoms with van der Waals surface area (Å²) in [5.41, 5.74) is 3.10. The molecule has 0 spiro atoms. The van der Waals surface area contributed by atoms with Crippen LogP contribution >= 0.6 is 0 Å². The number of aromatic nitrogens is 1. The summed E-state index contributed by atoms with van der Waals surface area (Å²) in [5.74, 6) is -1.55. The van der Waals surface area contributed by atoms with E-state index in [9.17, 15) is 14.0 Å². The van der Waals surface area contributed by atoms with Gasteiger partial charge in [0.15, 0.2) is 0 Å². The number of aryl methyl sites for hydroxylation is 1. The summed E-state index contributed by atoms with van der Waals surface area (Å²) in [7, 11) is 1.93. The van der Waals surface area contributed by atoms with E-state index in [-0.39, 0.29) is 18.2 Å². The van der Waals surface area contributed by atoms with E-state index in [1.165, 1.54) is 12.1 Å². The van der Waals surface area contributed by atoms with Crippen LogP contribution in [0.2, 0.25) is 0 Å². The van der Waals surface area contributed by atoms with Gasteiger partial charge in [0, 0.05) is 30.5 Å². The van der Waals surface area contributed by atoms with Gasteiger partial charge in [0.25, 0.3) is 0 Å². The number of carbonyl (C=O) groups excluding carboxylic acids is 2. The number of rotatable bonds is 3. The highest BCUT2D eigenvalue weighted by atomic mass is 19.1. The molecule has 120 valence electrons. The van der Waals surface area contributed by atoms with Crippen LogP contribution in [-0.4, -0.2) is 16.4 Å². The topological polar surface area (TPSA) is 63.1 Å². The lowest BCUT2D eigenvalue weighted by molar-refractivity contribution is -0.126. The van der Waals surface area contributed by atoms with E-state index in [4.69, 9.17) is 0 Å². The average molecular weight is 315 g/mol. The van der Waals surface area contributed by atoms with Crippen molar-refractivity contribution in [2.24, 2.45) is 7.05 Å². The Kier molecular flexibility index (Phi) is 3.90. The van der Waals surface area contributed by atoms with Gasteiger partial charge in [0.05, 0.1) is 12.5 Å². The molecule has 23 heavy (non-hydrogen) atoms. The molecule has 1 aliphatic rings. The third kappa shape index (κ3) is 2.97. The Balaban J connectivity index is 1.77. The molecule has 2 N–H and O–H groups in total. The van der Waals surface area contributed by atoms with E-state index < -0.39 is 11.7 Å². The van der Waals surface area contributed by atoms with E-state index in [1.54, 1.807) is 6.07 Å². The Labute approximate surface area is 133 Å². The van der Waals surface area contributed by atoms with Crippen molar-refractivity contribution in [3.63, 3.8) is 0 Å². The number of amides is 2. The minimum Gasteiger partial charge on any atom is -0.350 e. The van der Waals surface area contributed by atoms with E-state index in [1.807, 2.05) is 30.7 Å². The van der Waals surface area contributed by atoms with E-state index in [0.29, 0.717) is 17.8 Å². The molecule has 1 atom stereocenters. The molecule has 1 aliphatic heterocycles. The van der Waals surface area contributed by atoms with Crippen molar-refractivity contribution in [2.75, 3.05) is 5.32 Å². The van der Waals surface area contributed by atoms with E-state index in [2.05, 4.69) is 10.6 Å². The van der Waals surface area contributed by atoms with Crippen LogP contribution in [0.5, 0.6) is 0 Å². The lowest BCUT2D eigenvalue weighted by Gasteiger charge is -2.25. The van der Waals surface area contributed by atoms with Crippen LogP contribution in [0.25, 0.3) is 0 Å². The highest BCUT2D eigenvalue weighted by Gasteiger charge is 2.30. The van der Waals surface area contributed by atoms with Gasteiger partial charge in [-0.1, -0.05) is 6.07 Å². The van der Waals surface area contributed by atoms with Gasteiger partial charge in [0.2, 0.25) is 11.8 Å². The van der Waals surface area contributed by atoms with Gasteiger partial charge in [-0.25, -0.2) is 4.39 Å². The van der Waals surface area contributed by atoms with Crippen molar-refractivity contribution in [3.05, 3.63) is 53.1 Å². The molecule has 0 unspecified atom stereocenters. The van der Waals surface area contributed by atoms with Gasteiger partial charge in [-0.2, -0.15) is 0 Å². The van der Waals surface area contributed by atoms with Crippen LogP contribution in [0.1, 0.15) is 29.3 Å². The molecule has 2 aromatic rings. The molecule has 0 saturated carbocycles. The molecule has 1 aromatic heterocycles. The van der Waals surface area contributed by atoms with Crippen molar-refractivity contribution in [1.29, 1.82) is 0 Å². The standard InChI is InChI=1S/C17H18FN3O2/c1-10-3-5-12(21(10)2)9-19-17(23)14-8-16(22)20-15-7-11(18)4-6-13(14)15/h3-7,14H,8-9H2,1-2H3,(H,19,23)(H,20,22)/t14-/m1/s1. The third-order valence-electron chi connectivity index (χ3n) is 4.29. The van der Waals surface area contributed by atoms with Gasteiger partial charge in [0.1, 0.15) is 5.82 Å². The summed E-state index contributed by atoms with van der Waals surface area (Å²) in [6.45, 7) is 2.37. The number of hydrogen-bond donors (Lipinski definition) is 2. The van der Waals surface area contributed by atoms with E-state index >= 15 is 0 Å². The van der Waals surface area contributed by atoms with Crippen molar-refractivity contribution in [3.8, 4) is 0 Å². The normalized spacial score (nSPS) is 16.7. The molecule has 1 aromatic carbocycles. The van der Waals surface area contributed by atoms with Crippen LogP contribution in [0, 0.1) is 12.7 Å². The summed E-state index contributed by atoms with van der Waals surface area (Å²) in [6, 6.07) is 8.03. The monoisotopic (exact) mass is 315 g/mol. The first-order chi connectivity index (χ1) is 11.0. The Morgan fingerprint density at radius 2 is 2.17 bits per heavy atom. The number of benzene rings is 1. The fraction of sp³-hybridized carbons (Fsp3) is 0.294. The molecule has 2 amide bonds. The largest absolute Gasteiger partial charge is 0.350 e. The van der Waals surface area contributed by atoms with E-state index in [0.717, 1.165) is 11.4 Å². The molecular weight excluding hydrogens is 297 g/mol. The summed E-state index contributed by atoms with van der Waals surface area (Å²) < 4.78 is 15.3. The number of anilines is 1. The van der Waals surface area contributed by atoms with Crippen LogP contribution in [0.4, 0.5) is 10.1 Å². The van der Waals surface area contributed by atoms with Gasteiger partial charge in [-0.3, -0.25) is 9.59 Å². The molecule has 6 heteroatoms. The number of halogens is 1. The van der Waals surface area contributed by atoms with Crippen LogP contribution in [0.15, 0.2) is 30.3 Å². The molecular formula is C17H18FN3O2. The number of fused-ring (bicyclic) bond motifs is 1. The summed E-state index contributed by atoms with van der Waals surface area (Å²) in [5, 5.41) is 5.47. The van der Waals surface area contributed by atoms with Gasteiger partial charge in [-0.15, -0.1) is 0 Å². The van der Waals surface area contributed by atoms with Gasteiger partial charge >= 0.3 is 0 Å². The molecule has 2 heterocycles. The molecule has 3 rings (SSSR count). The second-order valence-electron chi connectivity index (χ2n) is 5.78. The summed E-state index contributed by atoms with van der Waals surface area (Å²) in [6.07, 6.45) is 0.0661. The number of nitrogens with one attached hydrogen (secondary N) is 2. The van der Waals surface area contributed by atoms with Crippen LogP contribution in [-0.2, 0) is 23.2 Å². The first-order valence-electron chi connectivity index (χ1n) is 7.44. The highest BCUT2D eigenvalue weighted by molar-refractivity contribution is 6.01. The van der Waals surface area contributed by atoms with Crippen molar-refractivity contribution >= 4 is 17.5 Å². The minimum atomic E-state index is -0.597. The molecule has 5 nitrogen and oxygen atoms in total. The van der Waals surface area contributed by atoms with Crippen LogP contribution in [0.3, 0.4) is 0 Å². The third-order valence-corrected chi connectivity index (χ3v) is 4.29. The Morgan fingerprint density at radius 3 is 2.87 bits per heavy atom. The SMILES string of the molecule is Cc1ccc(CNC(=O)[C@@H]2CC(=O)Nc3cc(F)ccc32)n1C. The predicted octanol–water partition coefficient (Wildman–Crippen LogP) is 2.21.